The van der Waals surface area contributed by atoms with E-state index in [1.165, 1.54) is 6.07 Å². The monoisotopic (exact) mass is 350 g/mol. The third-order valence-corrected chi connectivity index (χ3v) is 5.65. The molecule has 1 amide bonds. The number of benzene rings is 1. The van der Waals surface area contributed by atoms with E-state index in [-0.39, 0.29) is 17.8 Å². The first-order valence-electron chi connectivity index (χ1n) is 8.90. The highest BCUT2D eigenvalue weighted by Crippen LogP contribution is 2.43. The largest absolute Gasteiger partial charge is 0.331 e. The third-order valence-electron chi connectivity index (χ3n) is 5.65. The van der Waals surface area contributed by atoms with Crippen molar-refractivity contribution in [3.63, 3.8) is 0 Å². The molecule has 0 aliphatic carbocycles. The van der Waals surface area contributed by atoms with Crippen molar-refractivity contribution in [3.05, 3.63) is 71.9 Å². The first-order valence-corrected chi connectivity index (χ1v) is 8.90. The lowest BCUT2D eigenvalue weighted by Crippen LogP contribution is -2.34. The summed E-state index contributed by atoms with van der Waals surface area (Å²) in [5.74, 6) is 0.454. The number of halogens is 1. The molecule has 3 aromatic rings. The molecule has 2 fully saturated rings. The van der Waals surface area contributed by atoms with Crippen LogP contribution in [0.3, 0.4) is 0 Å². The molecule has 0 saturated carbocycles. The number of imidazole rings is 1. The molecule has 2 saturated heterocycles. The molecular weight excluding hydrogens is 331 g/mol. The van der Waals surface area contributed by atoms with Gasteiger partial charge in [-0.05, 0) is 35.7 Å². The number of amides is 1. The Bertz CT molecular complexity index is 985. The van der Waals surface area contributed by atoms with E-state index in [1.54, 1.807) is 18.3 Å². The van der Waals surface area contributed by atoms with Crippen molar-refractivity contribution in [2.24, 2.45) is 11.8 Å². The third kappa shape index (κ3) is 2.41. The molecule has 3 atom stereocenters. The number of fused-ring (bicyclic) bond motifs is 2. The topological polar surface area (TPSA) is 49.6 Å². The van der Waals surface area contributed by atoms with Crippen LogP contribution in [0.5, 0.6) is 0 Å². The van der Waals surface area contributed by atoms with Crippen molar-refractivity contribution >= 4 is 11.6 Å². The molecule has 1 aromatic carbocycles. The van der Waals surface area contributed by atoms with Gasteiger partial charge in [-0.3, -0.25) is 4.79 Å². The Kier molecular flexibility index (Phi) is 3.53. The average molecular weight is 350 g/mol. The molecule has 0 radical (unpaired) electrons. The first kappa shape index (κ1) is 15.5. The number of rotatable bonds is 2. The summed E-state index contributed by atoms with van der Waals surface area (Å²) in [5.41, 5.74) is 2.31. The number of likely N-dealkylation sites (tertiary alicyclic amines) is 1. The molecule has 132 valence electrons. The van der Waals surface area contributed by atoms with Gasteiger partial charge in [0.05, 0.1) is 11.6 Å². The van der Waals surface area contributed by atoms with Gasteiger partial charge in [0, 0.05) is 44.1 Å². The van der Waals surface area contributed by atoms with E-state index in [0.717, 1.165) is 24.3 Å². The first-order chi connectivity index (χ1) is 12.7. The van der Waals surface area contributed by atoms with Crippen LogP contribution in [-0.4, -0.2) is 39.8 Å². The van der Waals surface area contributed by atoms with Crippen LogP contribution in [0.25, 0.3) is 5.65 Å². The highest BCUT2D eigenvalue weighted by atomic mass is 19.1. The summed E-state index contributed by atoms with van der Waals surface area (Å²) in [6.07, 6.45) is 5.36. The zero-order chi connectivity index (χ0) is 17.7. The lowest BCUT2D eigenvalue weighted by molar-refractivity contribution is 0.0713. The minimum absolute atomic E-state index is 0.00994. The summed E-state index contributed by atoms with van der Waals surface area (Å²) in [4.78, 5) is 19.4. The molecule has 0 bridgehead atoms. The van der Waals surface area contributed by atoms with Gasteiger partial charge in [0.1, 0.15) is 11.5 Å². The van der Waals surface area contributed by atoms with Crippen molar-refractivity contribution in [2.45, 2.75) is 6.04 Å². The molecule has 2 aliphatic rings. The average Bonchev–Trinajstić information content (AvgIpc) is 3.35. The Morgan fingerprint density at radius 2 is 2.15 bits per heavy atom. The zero-order valence-corrected chi connectivity index (χ0v) is 14.2. The fraction of sp³-hybridized carbons (Fsp3) is 0.300. The number of hydrogen-bond donors (Lipinski definition) is 1. The van der Waals surface area contributed by atoms with E-state index in [0.29, 0.717) is 23.9 Å². The van der Waals surface area contributed by atoms with Crippen LogP contribution in [-0.2, 0) is 0 Å². The molecule has 4 heterocycles. The van der Waals surface area contributed by atoms with Crippen LogP contribution in [0.4, 0.5) is 4.39 Å². The van der Waals surface area contributed by atoms with Crippen molar-refractivity contribution in [1.29, 1.82) is 0 Å². The number of pyridine rings is 1. The maximum absolute atomic E-state index is 13.8. The van der Waals surface area contributed by atoms with Gasteiger partial charge in [-0.1, -0.05) is 12.1 Å². The van der Waals surface area contributed by atoms with E-state index in [2.05, 4.69) is 10.3 Å². The van der Waals surface area contributed by atoms with Gasteiger partial charge in [-0.15, -0.1) is 0 Å². The van der Waals surface area contributed by atoms with E-state index in [4.69, 9.17) is 0 Å². The molecule has 26 heavy (non-hydrogen) atoms. The summed E-state index contributed by atoms with van der Waals surface area (Å²) in [6.45, 7) is 2.46. The van der Waals surface area contributed by atoms with Crippen LogP contribution in [0, 0.1) is 17.7 Å². The second kappa shape index (κ2) is 5.92. The Hall–Kier alpha value is -2.73. The van der Waals surface area contributed by atoms with Gasteiger partial charge in [-0.2, -0.15) is 0 Å². The molecule has 2 aliphatic heterocycles. The van der Waals surface area contributed by atoms with Crippen molar-refractivity contribution in [1.82, 2.24) is 19.6 Å². The summed E-state index contributed by atoms with van der Waals surface area (Å²) >= 11 is 0. The van der Waals surface area contributed by atoms with Crippen LogP contribution >= 0.6 is 0 Å². The predicted octanol–water partition coefficient (Wildman–Crippen LogP) is 2.51. The zero-order valence-electron chi connectivity index (χ0n) is 14.2. The lowest BCUT2D eigenvalue weighted by atomic mass is 9.89. The van der Waals surface area contributed by atoms with Crippen LogP contribution in [0.2, 0.25) is 0 Å². The molecule has 0 spiro atoms. The van der Waals surface area contributed by atoms with Crippen LogP contribution in [0.15, 0.2) is 55.0 Å². The Morgan fingerprint density at radius 1 is 1.23 bits per heavy atom. The Morgan fingerprint density at radius 3 is 3.04 bits per heavy atom. The SMILES string of the molecule is O=C(c1ccc2nccn2c1)N1C[C@@H]2CNC[C@@H]2[C@H]1c1cccc(F)c1. The van der Waals surface area contributed by atoms with E-state index in [9.17, 15) is 9.18 Å². The van der Waals surface area contributed by atoms with E-state index in [1.807, 2.05) is 39.9 Å². The minimum atomic E-state index is -0.260. The van der Waals surface area contributed by atoms with Gasteiger partial charge < -0.3 is 14.6 Å². The normalized spacial score (nSPS) is 25.0. The van der Waals surface area contributed by atoms with Gasteiger partial charge >= 0.3 is 0 Å². The van der Waals surface area contributed by atoms with Gasteiger partial charge in [-0.25, -0.2) is 9.37 Å². The minimum Gasteiger partial charge on any atom is -0.331 e. The van der Waals surface area contributed by atoms with Crippen molar-refractivity contribution in [2.75, 3.05) is 19.6 Å². The molecular formula is C20H19FN4O. The second-order valence-corrected chi connectivity index (χ2v) is 7.15. The van der Waals surface area contributed by atoms with E-state index >= 15 is 0 Å². The summed E-state index contributed by atoms with van der Waals surface area (Å²) in [7, 11) is 0. The highest BCUT2D eigenvalue weighted by molar-refractivity contribution is 5.94. The standard InChI is InChI=1S/C20H19FN4O/c21-16-3-1-2-13(8-16)19-17-10-22-9-15(17)12-25(19)20(26)14-4-5-18-23-6-7-24(18)11-14/h1-8,11,15,17,19,22H,9-10,12H2/t15-,17-,19+/m0/s1. The van der Waals surface area contributed by atoms with Gasteiger partial charge in [0.15, 0.2) is 0 Å². The second-order valence-electron chi connectivity index (χ2n) is 7.15. The van der Waals surface area contributed by atoms with Crippen molar-refractivity contribution < 1.29 is 9.18 Å². The molecule has 6 heteroatoms. The Labute approximate surface area is 150 Å². The summed E-state index contributed by atoms with van der Waals surface area (Å²) in [5, 5.41) is 3.41. The number of aromatic nitrogens is 2. The maximum atomic E-state index is 13.8. The predicted molar refractivity (Wildman–Crippen MR) is 95.2 cm³/mol. The molecule has 0 unspecified atom stereocenters. The molecule has 2 aromatic heterocycles. The van der Waals surface area contributed by atoms with Crippen LogP contribution in [0.1, 0.15) is 22.0 Å². The quantitative estimate of drug-likeness (QED) is 0.773. The molecule has 5 nitrogen and oxygen atoms in total. The molecule has 1 N–H and O–H groups in total. The molecule has 5 rings (SSSR count). The number of carbonyl (C=O) groups is 1. The number of carbonyl (C=O) groups excluding carboxylic acids is 1. The smallest absolute Gasteiger partial charge is 0.255 e. The fourth-order valence-electron chi connectivity index (χ4n) is 4.46. The highest BCUT2D eigenvalue weighted by Gasteiger charge is 2.46. The van der Waals surface area contributed by atoms with Crippen molar-refractivity contribution in [3.8, 4) is 0 Å². The number of hydrogen-bond acceptors (Lipinski definition) is 3. The fourth-order valence-corrected chi connectivity index (χ4v) is 4.46. The van der Waals surface area contributed by atoms with E-state index < -0.39 is 0 Å². The van der Waals surface area contributed by atoms with Gasteiger partial charge in [0.25, 0.3) is 5.91 Å². The Balaban J connectivity index is 1.54. The summed E-state index contributed by atoms with van der Waals surface area (Å²) < 4.78 is 15.7. The maximum Gasteiger partial charge on any atom is 0.255 e. The lowest BCUT2D eigenvalue weighted by Gasteiger charge is -2.28. The summed E-state index contributed by atoms with van der Waals surface area (Å²) in [6, 6.07) is 10.2. The number of nitrogens with one attached hydrogen (secondary N) is 1. The number of nitrogens with zero attached hydrogens (tertiary/aromatic N) is 3. The van der Waals surface area contributed by atoms with Crippen LogP contribution < -0.4 is 5.32 Å². The van der Waals surface area contributed by atoms with Gasteiger partial charge in [0.2, 0.25) is 0 Å².